The van der Waals surface area contributed by atoms with E-state index in [1.807, 2.05) is 16.8 Å². The Kier molecular flexibility index (Phi) is 5.34. The van der Waals surface area contributed by atoms with Gasteiger partial charge < -0.3 is 14.9 Å². The monoisotopic (exact) mass is 349 g/mol. The fourth-order valence-corrected chi connectivity index (χ4v) is 3.73. The van der Waals surface area contributed by atoms with Crippen LogP contribution in [0.5, 0.6) is 0 Å². The standard InChI is InChI=1S/C18H24FN3O3/c1-20-9-14(18(24)25)10-21-6-7-22(12-16(21)11-20)17(23)8-13-2-4-15(19)5-3-13/h2-5,14,16H,6-12H2,1H3,(H,24,25). The Morgan fingerprint density at radius 2 is 1.84 bits per heavy atom. The van der Waals surface area contributed by atoms with Gasteiger partial charge in [-0.3, -0.25) is 14.5 Å². The Morgan fingerprint density at radius 3 is 2.52 bits per heavy atom. The fourth-order valence-electron chi connectivity index (χ4n) is 3.73. The van der Waals surface area contributed by atoms with Gasteiger partial charge in [-0.15, -0.1) is 0 Å². The van der Waals surface area contributed by atoms with E-state index in [9.17, 15) is 19.1 Å². The van der Waals surface area contributed by atoms with Crippen molar-refractivity contribution in [3.63, 3.8) is 0 Å². The topological polar surface area (TPSA) is 64.1 Å². The average molecular weight is 349 g/mol. The number of halogens is 1. The van der Waals surface area contributed by atoms with Crippen molar-refractivity contribution in [3.8, 4) is 0 Å². The molecule has 0 bridgehead atoms. The molecule has 2 fully saturated rings. The van der Waals surface area contributed by atoms with Gasteiger partial charge in [0.15, 0.2) is 0 Å². The molecular weight excluding hydrogens is 325 g/mol. The van der Waals surface area contributed by atoms with Gasteiger partial charge in [0.2, 0.25) is 5.91 Å². The molecule has 2 aliphatic heterocycles. The van der Waals surface area contributed by atoms with Crippen molar-refractivity contribution < 1.29 is 19.1 Å². The Labute approximate surface area is 146 Å². The highest BCUT2D eigenvalue weighted by Crippen LogP contribution is 2.19. The van der Waals surface area contributed by atoms with E-state index in [-0.39, 0.29) is 24.2 Å². The van der Waals surface area contributed by atoms with Crippen LogP contribution in [-0.4, -0.2) is 84.0 Å². The summed E-state index contributed by atoms with van der Waals surface area (Å²) in [6.07, 6.45) is 0.264. The fraction of sp³-hybridized carbons (Fsp3) is 0.556. The van der Waals surface area contributed by atoms with Crippen LogP contribution in [-0.2, 0) is 16.0 Å². The van der Waals surface area contributed by atoms with E-state index in [1.165, 1.54) is 12.1 Å². The number of carbonyl (C=O) groups is 2. The zero-order valence-electron chi connectivity index (χ0n) is 14.4. The van der Waals surface area contributed by atoms with Crippen molar-refractivity contribution in [2.24, 2.45) is 5.92 Å². The van der Waals surface area contributed by atoms with E-state index in [2.05, 4.69) is 4.90 Å². The SMILES string of the molecule is CN1CC(C(=O)O)CN2CCN(C(=O)Cc3ccc(F)cc3)CC2C1. The third kappa shape index (κ3) is 4.35. The lowest BCUT2D eigenvalue weighted by atomic mass is 10.1. The number of carboxylic acids is 1. The van der Waals surface area contributed by atoms with Gasteiger partial charge in [0.05, 0.1) is 12.3 Å². The maximum Gasteiger partial charge on any atom is 0.309 e. The predicted octanol–water partition coefficient (Wildman–Crippen LogP) is 0.527. The molecule has 3 rings (SSSR count). The van der Waals surface area contributed by atoms with Gasteiger partial charge in [-0.1, -0.05) is 12.1 Å². The van der Waals surface area contributed by atoms with Gasteiger partial charge >= 0.3 is 5.97 Å². The minimum Gasteiger partial charge on any atom is -0.481 e. The number of benzene rings is 1. The van der Waals surface area contributed by atoms with Gasteiger partial charge in [0.25, 0.3) is 0 Å². The number of fused-ring (bicyclic) bond motifs is 1. The summed E-state index contributed by atoms with van der Waals surface area (Å²) in [6, 6.07) is 6.17. The van der Waals surface area contributed by atoms with Crippen LogP contribution in [0, 0.1) is 11.7 Å². The van der Waals surface area contributed by atoms with Crippen molar-refractivity contribution in [3.05, 3.63) is 35.6 Å². The van der Waals surface area contributed by atoms with Crippen LogP contribution < -0.4 is 0 Å². The number of nitrogens with zero attached hydrogens (tertiary/aromatic N) is 3. The first-order valence-corrected chi connectivity index (χ1v) is 8.60. The summed E-state index contributed by atoms with van der Waals surface area (Å²) < 4.78 is 13.0. The second-order valence-corrected chi connectivity index (χ2v) is 7.05. The molecule has 25 heavy (non-hydrogen) atoms. The second-order valence-electron chi connectivity index (χ2n) is 7.05. The average Bonchev–Trinajstić information content (AvgIpc) is 2.74. The molecular formula is C18H24FN3O3. The first-order chi connectivity index (χ1) is 11.9. The molecule has 1 amide bonds. The maximum absolute atomic E-state index is 13.0. The molecule has 0 saturated carbocycles. The molecule has 6 nitrogen and oxygen atoms in total. The summed E-state index contributed by atoms with van der Waals surface area (Å²) >= 11 is 0. The molecule has 0 spiro atoms. The van der Waals surface area contributed by atoms with Gasteiger partial charge in [0, 0.05) is 45.3 Å². The zero-order valence-corrected chi connectivity index (χ0v) is 14.4. The number of carbonyl (C=O) groups excluding carboxylic acids is 1. The normalized spacial score (nSPS) is 25.3. The molecule has 7 heteroatoms. The van der Waals surface area contributed by atoms with Gasteiger partial charge in [0.1, 0.15) is 5.82 Å². The van der Waals surface area contributed by atoms with Crippen molar-refractivity contribution in [1.82, 2.24) is 14.7 Å². The Balaban J connectivity index is 1.62. The third-order valence-electron chi connectivity index (χ3n) is 5.08. The molecule has 1 aromatic carbocycles. The minimum atomic E-state index is -0.762. The number of aliphatic carboxylic acids is 1. The van der Waals surface area contributed by atoms with E-state index in [0.717, 1.165) is 12.1 Å². The van der Waals surface area contributed by atoms with Crippen molar-refractivity contribution in [2.75, 3.05) is 46.3 Å². The van der Waals surface area contributed by atoms with E-state index in [0.29, 0.717) is 32.7 Å². The Hall–Kier alpha value is -1.99. The lowest BCUT2D eigenvalue weighted by Gasteiger charge is -2.41. The predicted molar refractivity (Wildman–Crippen MR) is 90.7 cm³/mol. The molecule has 0 radical (unpaired) electrons. The smallest absolute Gasteiger partial charge is 0.309 e. The molecule has 0 aromatic heterocycles. The van der Waals surface area contributed by atoms with E-state index in [1.54, 1.807) is 12.1 Å². The van der Waals surface area contributed by atoms with Crippen LogP contribution in [0.4, 0.5) is 4.39 Å². The first kappa shape index (κ1) is 17.8. The van der Waals surface area contributed by atoms with Gasteiger partial charge in [-0.2, -0.15) is 0 Å². The largest absolute Gasteiger partial charge is 0.481 e. The Morgan fingerprint density at radius 1 is 1.12 bits per heavy atom. The van der Waals surface area contributed by atoms with Crippen LogP contribution in [0.1, 0.15) is 5.56 Å². The molecule has 2 aliphatic rings. The number of amides is 1. The number of hydrogen-bond donors (Lipinski definition) is 1. The van der Waals surface area contributed by atoms with Crippen molar-refractivity contribution in [1.29, 1.82) is 0 Å². The lowest BCUT2D eigenvalue weighted by molar-refractivity contribution is -0.143. The molecule has 2 saturated heterocycles. The summed E-state index contributed by atoms with van der Waals surface area (Å²) in [5.41, 5.74) is 0.803. The highest BCUT2D eigenvalue weighted by Gasteiger charge is 2.36. The summed E-state index contributed by atoms with van der Waals surface area (Å²) in [7, 11) is 1.93. The van der Waals surface area contributed by atoms with Gasteiger partial charge in [-0.25, -0.2) is 4.39 Å². The summed E-state index contributed by atoms with van der Waals surface area (Å²) in [6.45, 7) is 3.72. The summed E-state index contributed by atoms with van der Waals surface area (Å²) in [5.74, 6) is -1.42. The number of piperazine rings is 1. The number of hydrogen-bond acceptors (Lipinski definition) is 4. The Bertz CT molecular complexity index is 637. The van der Waals surface area contributed by atoms with E-state index >= 15 is 0 Å². The van der Waals surface area contributed by atoms with E-state index in [4.69, 9.17) is 0 Å². The number of carboxylic acid groups (broad SMARTS) is 1. The highest BCUT2D eigenvalue weighted by molar-refractivity contribution is 5.79. The molecule has 2 heterocycles. The first-order valence-electron chi connectivity index (χ1n) is 8.60. The van der Waals surface area contributed by atoms with E-state index < -0.39 is 11.9 Å². The summed E-state index contributed by atoms with van der Waals surface area (Å²) in [5, 5.41) is 9.35. The molecule has 0 aliphatic carbocycles. The number of rotatable bonds is 3. The van der Waals surface area contributed by atoms with Crippen LogP contribution in [0.2, 0.25) is 0 Å². The minimum absolute atomic E-state index is 0.0351. The van der Waals surface area contributed by atoms with Crippen LogP contribution in [0.3, 0.4) is 0 Å². The van der Waals surface area contributed by atoms with Gasteiger partial charge in [-0.05, 0) is 24.7 Å². The maximum atomic E-state index is 13.0. The quantitative estimate of drug-likeness (QED) is 0.862. The zero-order chi connectivity index (χ0) is 18.0. The molecule has 2 atom stereocenters. The third-order valence-corrected chi connectivity index (χ3v) is 5.08. The van der Waals surface area contributed by atoms with Crippen LogP contribution in [0.25, 0.3) is 0 Å². The number of likely N-dealkylation sites (N-methyl/N-ethyl adjacent to an activating group) is 1. The van der Waals surface area contributed by atoms with Crippen molar-refractivity contribution in [2.45, 2.75) is 12.5 Å². The molecule has 136 valence electrons. The molecule has 1 aromatic rings. The van der Waals surface area contributed by atoms with Crippen molar-refractivity contribution >= 4 is 11.9 Å². The van der Waals surface area contributed by atoms with Crippen LogP contribution in [0.15, 0.2) is 24.3 Å². The molecule has 2 unspecified atom stereocenters. The summed E-state index contributed by atoms with van der Waals surface area (Å²) in [4.78, 5) is 30.0. The highest BCUT2D eigenvalue weighted by atomic mass is 19.1. The lowest BCUT2D eigenvalue weighted by Crippen LogP contribution is -2.57. The van der Waals surface area contributed by atoms with Crippen LogP contribution >= 0.6 is 0 Å². The molecule has 1 N–H and O–H groups in total. The second kappa shape index (κ2) is 7.49.